The maximum atomic E-state index is 13.5. The molecule has 0 aliphatic carbocycles. The van der Waals surface area contributed by atoms with Crippen LogP contribution in [-0.2, 0) is 20.0 Å². The Bertz CT molecular complexity index is 1430. The summed E-state index contributed by atoms with van der Waals surface area (Å²) in [5.74, 6) is 0.330. The fraction of sp³-hybridized carbons (Fsp3) is 0.414. The Labute approximate surface area is 223 Å². The Hall–Kier alpha value is -3.85. The van der Waals surface area contributed by atoms with Gasteiger partial charge in [-0.3, -0.25) is 9.59 Å². The Morgan fingerprint density at radius 1 is 1.05 bits per heavy atom. The van der Waals surface area contributed by atoms with Crippen LogP contribution in [0.3, 0.4) is 0 Å². The molecule has 0 spiro atoms. The Kier molecular flexibility index (Phi) is 8.06. The van der Waals surface area contributed by atoms with Crippen LogP contribution in [0.2, 0.25) is 0 Å². The number of pyridine rings is 1. The third-order valence-corrected chi connectivity index (χ3v) is 6.49. The molecule has 4 rings (SSSR count). The van der Waals surface area contributed by atoms with Gasteiger partial charge in [-0.25, -0.2) is 0 Å². The second-order valence-corrected chi connectivity index (χ2v) is 10.7. The molecule has 0 unspecified atom stereocenters. The first-order chi connectivity index (χ1) is 18.1. The van der Waals surface area contributed by atoms with Crippen molar-refractivity contribution < 1.29 is 9.59 Å². The molecule has 38 heavy (non-hydrogen) atoms. The molecule has 0 bridgehead atoms. The second-order valence-electron chi connectivity index (χ2n) is 10.7. The molecule has 3 aromatic heterocycles. The van der Waals surface area contributed by atoms with E-state index < -0.39 is 0 Å². The Morgan fingerprint density at radius 2 is 1.79 bits per heavy atom. The van der Waals surface area contributed by atoms with Crippen molar-refractivity contribution >= 4 is 17.2 Å². The SMILES string of the molecule is CCN(Cc1nnn(C)n1)C(=O)c1ccn2c(C(=O)c3ccc(CCCNC(C)(C)C)cc3)c(C)cc2c1. The normalized spacial score (nSPS) is 11.7. The molecular weight excluding hydrogens is 478 g/mol. The highest BCUT2D eigenvalue weighted by atomic mass is 16.2. The van der Waals surface area contributed by atoms with Gasteiger partial charge in [0.15, 0.2) is 5.82 Å². The van der Waals surface area contributed by atoms with E-state index >= 15 is 0 Å². The van der Waals surface area contributed by atoms with Gasteiger partial charge < -0.3 is 14.6 Å². The number of hydrogen-bond donors (Lipinski definition) is 1. The summed E-state index contributed by atoms with van der Waals surface area (Å²) in [6, 6.07) is 13.4. The van der Waals surface area contributed by atoms with Crippen molar-refractivity contribution in [1.29, 1.82) is 0 Å². The molecule has 0 saturated heterocycles. The molecule has 1 N–H and O–H groups in total. The quantitative estimate of drug-likeness (QED) is 0.253. The standard InChI is InChI=1S/C29H37N7O2/c1-7-35(19-25-31-33-34(6)32-25)28(38)23-14-16-36-24(18-23)17-20(2)26(36)27(37)22-12-10-21(11-13-22)9-8-15-30-29(3,4)5/h10-14,16-18,30H,7-9,15,19H2,1-6H3. The van der Waals surface area contributed by atoms with Crippen LogP contribution >= 0.6 is 0 Å². The predicted molar refractivity (Wildman–Crippen MR) is 147 cm³/mol. The van der Waals surface area contributed by atoms with E-state index in [1.807, 2.05) is 54.6 Å². The molecule has 200 valence electrons. The fourth-order valence-corrected chi connectivity index (χ4v) is 4.52. The number of ketones is 1. The second kappa shape index (κ2) is 11.3. The van der Waals surface area contributed by atoms with Crippen LogP contribution in [-0.4, -0.2) is 59.8 Å². The average Bonchev–Trinajstić information content (AvgIpc) is 3.44. The van der Waals surface area contributed by atoms with Crippen LogP contribution in [0.25, 0.3) is 5.52 Å². The minimum absolute atomic E-state index is 0.0357. The minimum atomic E-state index is -0.123. The fourth-order valence-electron chi connectivity index (χ4n) is 4.52. The highest BCUT2D eigenvalue weighted by Crippen LogP contribution is 2.22. The largest absolute Gasteiger partial charge is 0.331 e. The van der Waals surface area contributed by atoms with Gasteiger partial charge in [-0.15, -0.1) is 10.2 Å². The summed E-state index contributed by atoms with van der Waals surface area (Å²) in [5, 5.41) is 15.5. The van der Waals surface area contributed by atoms with Gasteiger partial charge in [0.1, 0.15) is 0 Å². The van der Waals surface area contributed by atoms with E-state index in [-0.39, 0.29) is 23.8 Å². The zero-order chi connectivity index (χ0) is 27.4. The van der Waals surface area contributed by atoms with E-state index in [4.69, 9.17) is 0 Å². The van der Waals surface area contributed by atoms with Crippen molar-refractivity contribution in [3.63, 3.8) is 0 Å². The minimum Gasteiger partial charge on any atom is -0.331 e. The van der Waals surface area contributed by atoms with Gasteiger partial charge in [-0.2, -0.15) is 4.80 Å². The molecule has 1 amide bonds. The molecule has 0 aliphatic heterocycles. The molecular formula is C29H37N7O2. The maximum absolute atomic E-state index is 13.5. The van der Waals surface area contributed by atoms with Crippen LogP contribution in [0.5, 0.6) is 0 Å². The number of aromatic nitrogens is 5. The molecule has 0 aliphatic rings. The molecule has 3 heterocycles. The van der Waals surface area contributed by atoms with E-state index in [0.29, 0.717) is 29.2 Å². The Morgan fingerprint density at radius 3 is 2.42 bits per heavy atom. The first kappa shape index (κ1) is 27.2. The molecule has 0 saturated carbocycles. The van der Waals surface area contributed by atoms with Gasteiger partial charge in [0.25, 0.3) is 5.91 Å². The summed E-state index contributed by atoms with van der Waals surface area (Å²) in [6.45, 7) is 12.1. The van der Waals surface area contributed by atoms with Crippen molar-refractivity contribution in [3.8, 4) is 0 Å². The predicted octanol–water partition coefficient (Wildman–Crippen LogP) is 3.99. The van der Waals surface area contributed by atoms with E-state index in [1.165, 1.54) is 10.4 Å². The summed E-state index contributed by atoms with van der Waals surface area (Å²) >= 11 is 0. The maximum Gasteiger partial charge on any atom is 0.254 e. The van der Waals surface area contributed by atoms with Gasteiger partial charge in [0.05, 0.1) is 19.3 Å². The van der Waals surface area contributed by atoms with Gasteiger partial charge in [-0.05, 0) is 88.5 Å². The molecule has 0 fully saturated rings. The summed E-state index contributed by atoms with van der Waals surface area (Å²) < 4.78 is 1.86. The summed E-state index contributed by atoms with van der Waals surface area (Å²) in [7, 11) is 1.69. The highest BCUT2D eigenvalue weighted by molar-refractivity contribution is 6.09. The van der Waals surface area contributed by atoms with Crippen LogP contribution < -0.4 is 5.32 Å². The molecule has 9 nitrogen and oxygen atoms in total. The van der Waals surface area contributed by atoms with Gasteiger partial charge in [0.2, 0.25) is 5.78 Å². The molecule has 0 atom stereocenters. The summed E-state index contributed by atoms with van der Waals surface area (Å²) in [4.78, 5) is 29.7. The molecule has 0 radical (unpaired) electrons. The highest BCUT2D eigenvalue weighted by Gasteiger charge is 2.21. The van der Waals surface area contributed by atoms with E-state index in [0.717, 1.165) is 30.5 Å². The first-order valence-corrected chi connectivity index (χ1v) is 13.1. The zero-order valence-electron chi connectivity index (χ0n) is 23.2. The van der Waals surface area contributed by atoms with Crippen LogP contribution in [0.15, 0.2) is 48.7 Å². The number of nitrogens with one attached hydrogen (secondary N) is 1. The number of tetrazole rings is 1. The number of amides is 1. The van der Waals surface area contributed by atoms with Crippen LogP contribution in [0.4, 0.5) is 0 Å². The van der Waals surface area contributed by atoms with Gasteiger partial charge in [-0.1, -0.05) is 24.3 Å². The number of benzene rings is 1. The third kappa shape index (κ3) is 6.34. The molecule has 9 heteroatoms. The lowest BCUT2D eigenvalue weighted by atomic mass is 10.0. The summed E-state index contributed by atoms with van der Waals surface area (Å²) in [6.07, 6.45) is 3.80. The van der Waals surface area contributed by atoms with Gasteiger partial charge >= 0.3 is 0 Å². The number of hydrogen-bond acceptors (Lipinski definition) is 6. The zero-order valence-corrected chi connectivity index (χ0v) is 23.2. The van der Waals surface area contributed by atoms with Crippen molar-refractivity contribution in [2.75, 3.05) is 13.1 Å². The Balaban J connectivity index is 1.48. The average molecular weight is 516 g/mol. The van der Waals surface area contributed by atoms with Crippen molar-refractivity contribution in [3.05, 3.63) is 82.4 Å². The number of carbonyl (C=O) groups excluding carboxylic acids is 2. The molecule has 1 aromatic carbocycles. The topological polar surface area (TPSA) is 97.4 Å². The van der Waals surface area contributed by atoms with Crippen molar-refractivity contribution in [2.45, 2.75) is 59.5 Å². The van der Waals surface area contributed by atoms with E-state index in [1.54, 1.807) is 24.2 Å². The lowest BCUT2D eigenvalue weighted by Crippen LogP contribution is -2.36. The van der Waals surface area contributed by atoms with E-state index in [9.17, 15) is 9.59 Å². The number of carbonyl (C=O) groups is 2. The number of nitrogens with zero attached hydrogens (tertiary/aromatic N) is 6. The first-order valence-electron chi connectivity index (χ1n) is 13.1. The van der Waals surface area contributed by atoms with E-state index in [2.05, 4.69) is 41.5 Å². The lowest BCUT2D eigenvalue weighted by molar-refractivity contribution is 0.0748. The van der Waals surface area contributed by atoms with Crippen LogP contribution in [0.1, 0.15) is 77.5 Å². The molecule has 4 aromatic rings. The monoisotopic (exact) mass is 515 g/mol. The number of aryl methyl sites for hydroxylation is 3. The smallest absolute Gasteiger partial charge is 0.254 e. The van der Waals surface area contributed by atoms with Crippen LogP contribution in [0, 0.1) is 6.92 Å². The van der Waals surface area contributed by atoms with Crippen molar-refractivity contribution in [1.82, 2.24) is 34.8 Å². The summed E-state index contributed by atoms with van der Waals surface area (Å²) in [5.41, 5.74) is 4.81. The lowest BCUT2D eigenvalue weighted by Gasteiger charge is -2.20. The van der Waals surface area contributed by atoms with Crippen molar-refractivity contribution in [2.24, 2.45) is 7.05 Å². The number of rotatable bonds is 10. The third-order valence-electron chi connectivity index (χ3n) is 6.49. The van der Waals surface area contributed by atoms with Gasteiger partial charge in [0, 0.05) is 34.9 Å². The number of fused-ring (bicyclic) bond motifs is 1.